The number of aromatic nitrogens is 2. The Morgan fingerprint density at radius 3 is 2.72 bits per heavy atom. The van der Waals surface area contributed by atoms with Crippen molar-refractivity contribution in [3.63, 3.8) is 0 Å². The van der Waals surface area contributed by atoms with Crippen LogP contribution in [0.2, 0.25) is 5.02 Å². The van der Waals surface area contributed by atoms with E-state index < -0.39 is 23.6 Å². The van der Waals surface area contributed by atoms with Crippen LogP contribution < -0.4 is 11.2 Å². The molecule has 0 aliphatic heterocycles. The van der Waals surface area contributed by atoms with Gasteiger partial charge in [0.2, 0.25) is 0 Å². The van der Waals surface area contributed by atoms with E-state index in [1.807, 2.05) is 0 Å². The van der Waals surface area contributed by atoms with Crippen LogP contribution in [0.15, 0.2) is 47.5 Å². The second kappa shape index (κ2) is 9.73. The lowest BCUT2D eigenvalue weighted by Crippen LogP contribution is -2.34. The predicted octanol–water partition coefficient (Wildman–Crippen LogP) is 5.43. The van der Waals surface area contributed by atoms with Crippen molar-refractivity contribution in [2.75, 3.05) is 0 Å². The number of primary amides is 1. The largest absolute Gasteiger partial charge is 0.364 e. The Balaban J connectivity index is 0.000000186. The van der Waals surface area contributed by atoms with Gasteiger partial charge in [0.15, 0.2) is 5.43 Å². The number of carbonyl (C=O) groups excluding carboxylic acids is 1. The summed E-state index contributed by atoms with van der Waals surface area (Å²) >= 11 is 6.00. The van der Waals surface area contributed by atoms with Crippen LogP contribution in [0, 0.1) is 11.7 Å². The second-order valence-corrected chi connectivity index (χ2v) is 8.20. The van der Waals surface area contributed by atoms with Gasteiger partial charge in [-0.05, 0) is 48.9 Å². The number of amides is 1. The normalized spacial score (nSPS) is 19.8. The van der Waals surface area contributed by atoms with Gasteiger partial charge in [0.1, 0.15) is 11.5 Å². The first-order valence-electron chi connectivity index (χ1n) is 10.2. The number of alkyl halides is 2. The highest BCUT2D eigenvalue weighted by Crippen LogP contribution is 2.47. The van der Waals surface area contributed by atoms with Crippen molar-refractivity contribution in [1.29, 1.82) is 0 Å². The molecule has 0 saturated heterocycles. The zero-order valence-corrected chi connectivity index (χ0v) is 18.1. The number of fused-ring (bicyclic) bond motifs is 1. The number of nitrogens with zero attached hydrogens (tertiary/aromatic N) is 1. The average Bonchev–Trinajstić information content (AvgIpc) is 2.74. The van der Waals surface area contributed by atoms with E-state index in [2.05, 4.69) is 9.97 Å². The number of benzene rings is 1. The number of pyridine rings is 2. The monoisotopic (exact) mass is 465 g/mol. The van der Waals surface area contributed by atoms with Crippen molar-refractivity contribution in [1.82, 2.24) is 9.97 Å². The molecule has 9 heteroatoms. The Kier molecular flexibility index (Phi) is 7.23. The summed E-state index contributed by atoms with van der Waals surface area (Å²) in [6.07, 6.45) is 4.13. The first-order valence-corrected chi connectivity index (χ1v) is 10.6. The van der Waals surface area contributed by atoms with Gasteiger partial charge in [-0.1, -0.05) is 24.6 Å². The van der Waals surface area contributed by atoms with Gasteiger partial charge in [0, 0.05) is 35.8 Å². The smallest absolute Gasteiger partial charge is 0.268 e. The molecule has 3 aromatic rings. The van der Waals surface area contributed by atoms with Crippen LogP contribution in [0.1, 0.15) is 54.6 Å². The Bertz CT molecular complexity index is 1180. The Morgan fingerprint density at radius 1 is 1.31 bits per heavy atom. The van der Waals surface area contributed by atoms with Crippen molar-refractivity contribution >= 4 is 28.4 Å². The van der Waals surface area contributed by atoms with Crippen molar-refractivity contribution in [3.05, 3.63) is 75.0 Å². The molecule has 2 aromatic heterocycles. The third-order valence-corrected chi connectivity index (χ3v) is 6.12. The summed E-state index contributed by atoms with van der Waals surface area (Å²) in [5, 5.41) is 0.586. The molecule has 1 aliphatic carbocycles. The van der Waals surface area contributed by atoms with E-state index in [0.29, 0.717) is 29.8 Å². The molecular formula is C23H23ClF3N3O2. The number of halogens is 4. The Morgan fingerprint density at radius 2 is 2.06 bits per heavy atom. The van der Waals surface area contributed by atoms with Crippen molar-refractivity contribution < 1.29 is 18.0 Å². The maximum Gasteiger partial charge on any atom is 0.268 e. The van der Waals surface area contributed by atoms with E-state index >= 15 is 0 Å². The van der Waals surface area contributed by atoms with Crippen LogP contribution >= 0.6 is 11.6 Å². The van der Waals surface area contributed by atoms with Crippen LogP contribution in [0.25, 0.3) is 10.9 Å². The summed E-state index contributed by atoms with van der Waals surface area (Å²) in [6, 6.07) is 7.16. The topological polar surface area (TPSA) is 88.8 Å². The number of rotatable bonds is 3. The van der Waals surface area contributed by atoms with E-state index in [1.54, 1.807) is 19.1 Å². The summed E-state index contributed by atoms with van der Waals surface area (Å²) in [5.41, 5.74) is 6.19. The highest BCUT2D eigenvalue weighted by Gasteiger charge is 2.43. The fourth-order valence-corrected chi connectivity index (χ4v) is 4.42. The molecular weight excluding hydrogens is 443 g/mol. The zero-order chi connectivity index (χ0) is 23.5. The lowest BCUT2D eigenvalue weighted by Gasteiger charge is -2.36. The molecule has 4 rings (SSSR count). The molecule has 32 heavy (non-hydrogen) atoms. The van der Waals surface area contributed by atoms with Crippen molar-refractivity contribution in [3.8, 4) is 0 Å². The van der Waals surface area contributed by atoms with Crippen LogP contribution in [-0.4, -0.2) is 21.8 Å². The number of aromatic amines is 1. The number of hydrogen-bond acceptors (Lipinski definition) is 3. The zero-order valence-electron chi connectivity index (χ0n) is 17.4. The first kappa shape index (κ1) is 23.8. The molecule has 170 valence electrons. The van der Waals surface area contributed by atoms with E-state index in [4.69, 9.17) is 17.3 Å². The number of nitrogens with two attached hydrogens (primary N) is 1. The highest BCUT2D eigenvalue weighted by molar-refractivity contribution is 6.31. The van der Waals surface area contributed by atoms with Gasteiger partial charge < -0.3 is 10.7 Å². The molecule has 0 bridgehead atoms. The second-order valence-electron chi connectivity index (χ2n) is 7.79. The maximum absolute atomic E-state index is 13.6. The summed E-state index contributed by atoms with van der Waals surface area (Å²) < 4.78 is 40.2. The number of nitrogens with one attached hydrogen (secondary N) is 1. The number of H-pyrrole nitrogens is 1. The quantitative estimate of drug-likeness (QED) is 0.540. The van der Waals surface area contributed by atoms with Crippen molar-refractivity contribution in [2.24, 2.45) is 11.7 Å². The number of hydrogen-bond donors (Lipinski definition) is 2. The minimum Gasteiger partial charge on any atom is -0.364 e. The van der Waals surface area contributed by atoms with Gasteiger partial charge in [-0.15, -0.1) is 0 Å². The molecule has 5 nitrogen and oxygen atoms in total. The van der Waals surface area contributed by atoms with Crippen LogP contribution in [0.5, 0.6) is 0 Å². The van der Waals surface area contributed by atoms with E-state index in [9.17, 15) is 22.8 Å². The SMILES string of the molecule is CCC1C[C@H](c2ccc(F)cc2Cl)CCC1(F)F.NC(=O)c1nccc2[nH]ccc(=O)c12. The minimum absolute atomic E-state index is 0.00403. The number of carbonyl (C=O) groups is 1. The third-order valence-electron chi connectivity index (χ3n) is 5.79. The van der Waals surface area contributed by atoms with Gasteiger partial charge in [0.05, 0.1) is 10.9 Å². The minimum atomic E-state index is -2.57. The molecule has 1 saturated carbocycles. The molecule has 1 fully saturated rings. The first-order chi connectivity index (χ1) is 15.1. The molecule has 2 heterocycles. The molecule has 0 radical (unpaired) electrons. The standard InChI is InChI=1S/C14H16ClF3.C9H7N3O2/c1-2-10-7-9(5-6-14(10,17)18)12-4-3-11(16)8-13(12)15;10-9(14)8-7-5(1-3-12-8)11-4-2-6(7)13/h3-4,8-10H,2,5-7H2,1H3;1-4H,(H2,10,14)(H,11,13)/t9-,10?;/m1./s1. The predicted molar refractivity (Wildman–Crippen MR) is 118 cm³/mol. The van der Waals surface area contributed by atoms with Gasteiger partial charge in [0.25, 0.3) is 11.8 Å². The molecule has 1 unspecified atom stereocenters. The fourth-order valence-electron chi connectivity index (χ4n) is 4.09. The van der Waals surface area contributed by atoms with Crippen LogP contribution in [0.3, 0.4) is 0 Å². The molecule has 3 N–H and O–H groups in total. The molecule has 1 aliphatic rings. The van der Waals surface area contributed by atoms with E-state index in [-0.39, 0.29) is 28.8 Å². The molecule has 1 amide bonds. The van der Waals surface area contributed by atoms with E-state index in [1.165, 1.54) is 30.6 Å². The average molecular weight is 466 g/mol. The molecule has 2 atom stereocenters. The lowest BCUT2D eigenvalue weighted by molar-refractivity contribution is -0.0911. The van der Waals surface area contributed by atoms with Gasteiger partial charge in [-0.25, -0.2) is 13.2 Å². The van der Waals surface area contributed by atoms with E-state index in [0.717, 1.165) is 5.56 Å². The van der Waals surface area contributed by atoms with Crippen LogP contribution in [-0.2, 0) is 0 Å². The summed E-state index contributed by atoms with van der Waals surface area (Å²) in [6.45, 7) is 1.78. The summed E-state index contributed by atoms with van der Waals surface area (Å²) in [7, 11) is 0. The Hall–Kier alpha value is -2.87. The van der Waals surface area contributed by atoms with Gasteiger partial charge in [-0.2, -0.15) is 0 Å². The Labute approximate surface area is 187 Å². The lowest BCUT2D eigenvalue weighted by atomic mass is 9.75. The molecule has 0 spiro atoms. The third kappa shape index (κ3) is 5.12. The molecule has 1 aromatic carbocycles. The van der Waals surface area contributed by atoms with Crippen LogP contribution in [0.4, 0.5) is 13.2 Å². The van der Waals surface area contributed by atoms with Gasteiger partial charge >= 0.3 is 0 Å². The van der Waals surface area contributed by atoms with Crippen molar-refractivity contribution in [2.45, 2.75) is 44.4 Å². The summed E-state index contributed by atoms with van der Waals surface area (Å²) in [4.78, 5) is 29.0. The highest BCUT2D eigenvalue weighted by atomic mass is 35.5. The maximum atomic E-state index is 13.6. The fraction of sp³-hybridized carbons (Fsp3) is 0.348. The van der Waals surface area contributed by atoms with Gasteiger partial charge in [-0.3, -0.25) is 14.6 Å². The summed E-state index contributed by atoms with van der Waals surface area (Å²) in [5.74, 6) is -4.25.